The van der Waals surface area contributed by atoms with Gasteiger partial charge in [-0.05, 0) is 42.9 Å². The van der Waals surface area contributed by atoms with Crippen LogP contribution in [0.15, 0.2) is 24.3 Å². The van der Waals surface area contributed by atoms with Crippen LogP contribution in [-0.2, 0) is 16.0 Å². The smallest absolute Gasteiger partial charge is 0.274 e. The molecule has 24 heavy (non-hydrogen) atoms. The fourth-order valence-electron chi connectivity index (χ4n) is 3.64. The number of hydrogen-bond acceptors (Lipinski definition) is 3. The number of hydrogen-bond donors (Lipinski definition) is 0. The topological polar surface area (TPSA) is 57.7 Å². The zero-order valence-electron chi connectivity index (χ0n) is 13.7. The molecule has 5 nitrogen and oxygen atoms in total. The van der Waals surface area contributed by atoms with Crippen molar-refractivity contribution in [3.63, 3.8) is 0 Å². The summed E-state index contributed by atoms with van der Waals surface area (Å²) in [6, 6.07) is 6.82. The molecule has 0 unspecified atom stereocenters. The average Bonchev–Trinajstić information content (AvgIpc) is 2.93. The lowest BCUT2D eigenvalue weighted by atomic mass is 10.0. The standard InChI is InChI=1S/C18H21ClN2O3/c1-12-4-2-7-15(12)21-17(23)11-16(22)20(18(21)24)9-8-13-5-3-6-14(19)10-13/h3,5-6,10,12,15H,2,4,7-9,11H2,1H3/t12-,15+/m0/s1. The lowest BCUT2D eigenvalue weighted by Gasteiger charge is -2.37. The highest BCUT2D eigenvalue weighted by atomic mass is 35.5. The second-order valence-electron chi connectivity index (χ2n) is 6.62. The highest BCUT2D eigenvalue weighted by Crippen LogP contribution is 2.32. The number of halogens is 1. The van der Waals surface area contributed by atoms with Crippen LogP contribution in [-0.4, -0.2) is 40.2 Å². The minimum Gasteiger partial charge on any atom is -0.274 e. The van der Waals surface area contributed by atoms with Crippen LogP contribution in [0.2, 0.25) is 5.02 Å². The third-order valence-electron chi connectivity index (χ3n) is 4.97. The number of rotatable bonds is 4. The predicted molar refractivity (Wildman–Crippen MR) is 90.5 cm³/mol. The molecule has 1 saturated carbocycles. The summed E-state index contributed by atoms with van der Waals surface area (Å²) in [7, 11) is 0. The summed E-state index contributed by atoms with van der Waals surface area (Å²) < 4.78 is 0. The summed E-state index contributed by atoms with van der Waals surface area (Å²) in [6.45, 7) is 2.33. The maximum absolute atomic E-state index is 12.8. The molecule has 1 aliphatic heterocycles. The Morgan fingerprint density at radius 1 is 1.17 bits per heavy atom. The van der Waals surface area contributed by atoms with E-state index in [9.17, 15) is 14.4 Å². The summed E-state index contributed by atoms with van der Waals surface area (Å²) in [5.41, 5.74) is 0.959. The first kappa shape index (κ1) is 17.0. The van der Waals surface area contributed by atoms with Crippen LogP contribution < -0.4 is 0 Å². The molecule has 0 spiro atoms. The number of urea groups is 1. The molecular weight excluding hydrogens is 328 g/mol. The lowest BCUT2D eigenvalue weighted by Crippen LogP contribution is -2.59. The molecule has 0 aromatic heterocycles. The van der Waals surface area contributed by atoms with Crippen molar-refractivity contribution < 1.29 is 14.4 Å². The quantitative estimate of drug-likeness (QED) is 0.785. The number of amides is 4. The van der Waals surface area contributed by atoms with E-state index in [1.54, 1.807) is 6.07 Å². The van der Waals surface area contributed by atoms with Crippen molar-refractivity contribution in [2.45, 2.75) is 45.1 Å². The molecule has 0 N–H and O–H groups in total. The molecule has 4 amide bonds. The van der Waals surface area contributed by atoms with E-state index < -0.39 is 11.9 Å². The number of carbonyl (C=O) groups is 3. The second kappa shape index (κ2) is 6.93. The number of barbiturate groups is 1. The molecule has 1 aliphatic carbocycles. The van der Waals surface area contributed by atoms with Gasteiger partial charge in [0.1, 0.15) is 6.42 Å². The van der Waals surface area contributed by atoms with Crippen LogP contribution in [0.5, 0.6) is 0 Å². The van der Waals surface area contributed by atoms with E-state index in [1.807, 2.05) is 18.2 Å². The van der Waals surface area contributed by atoms with Crippen LogP contribution in [0.1, 0.15) is 38.2 Å². The summed E-state index contributed by atoms with van der Waals surface area (Å²) in [5.74, 6) is -0.474. The molecule has 1 aromatic rings. The Morgan fingerprint density at radius 2 is 1.96 bits per heavy atom. The van der Waals surface area contributed by atoms with Crippen LogP contribution in [0.3, 0.4) is 0 Å². The van der Waals surface area contributed by atoms with Crippen molar-refractivity contribution in [2.75, 3.05) is 6.54 Å². The van der Waals surface area contributed by atoms with Gasteiger partial charge in [0.2, 0.25) is 11.8 Å². The monoisotopic (exact) mass is 348 g/mol. The van der Waals surface area contributed by atoms with E-state index in [-0.39, 0.29) is 24.9 Å². The molecule has 0 radical (unpaired) electrons. The maximum atomic E-state index is 12.8. The fraction of sp³-hybridized carbons (Fsp3) is 0.500. The van der Waals surface area contributed by atoms with Crippen molar-refractivity contribution >= 4 is 29.4 Å². The summed E-state index contributed by atoms with van der Waals surface area (Å²) in [4.78, 5) is 39.7. The molecular formula is C18H21ClN2O3. The summed E-state index contributed by atoms with van der Waals surface area (Å²) >= 11 is 5.97. The van der Waals surface area contributed by atoms with E-state index in [1.165, 1.54) is 9.80 Å². The lowest BCUT2D eigenvalue weighted by molar-refractivity contribution is -0.144. The SMILES string of the molecule is C[C@H]1CCC[C@H]1N1C(=O)CC(=O)N(CCc2cccc(Cl)c2)C1=O. The molecule has 0 bridgehead atoms. The van der Waals surface area contributed by atoms with Crippen LogP contribution in [0.25, 0.3) is 0 Å². The van der Waals surface area contributed by atoms with Crippen LogP contribution in [0.4, 0.5) is 4.79 Å². The zero-order valence-corrected chi connectivity index (χ0v) is 14.5. The van der Waals surface area contributed by atoms with Crippen LogP contribution >= 0.6 is 11.6 Å². The van der Waals surface area contributed by atoms with Crippen molar-refractivity contribution in [3.05, 3.63) is 34.9 Å². The minimum absolute atomic E-state index is 0.0771. The molecule has 2 aliphatic rings. The molecule has 1 aromatic carbocycles. The highest BCUT2D eigenvalue weighted by Gasteiger charge is 2.43. The summed E-state index contributed by atoms with van der Waals surface area (Å²) in [5, 5.41) is 0.625. The van der Waals surface area contributed by atoms with Gasteiger partial charge in [0.05, 0.1) is 0 Å². The number of benzene rings is 1. The minimum atomic E-state index is -0.461. The zero-order chi connectivity index (χ0) is 17.3. The first-order valence-electron chi connectivity index (χ1n) is 8.38. The third kappa shape index (κ3) is 3.31. The molecule has 6 heteroatoms. The molecule has 1 heterocycles. The molecule has 128 valence electrons. The Bertz CT molecular complexity index is 676. The average molecular weight is 349 g/mol. The van der Waals surface area contributed by atoms with Crippen molar-refractivity contribution in [1.82, 2.24) is 9.80 Å². The largest absolute Gasteiger partial charge is 0.333 e. The van der Waals surface area contributed by atoms with E-state index in [0.717, 1.165) is 24.8 Å². The Labute approximate surface area is 146 Å². The van der Waals surface area contributed by atoms with E-state index in [4.69, 9.17) is 11.6 Å². The van der Waals surface area contributed by atoms with Gasteiger partial charge in [-0.2, -0.15) is 0 Å². The highest BCUT2D eigenvalue weighted by molar-refractivity contribution is 6.30. The van der Waals surface area contributed by atoms with E-state index in [0.29, 0.717) is 17.4 Å². The van der Waals surface area contributed by atoms with Crippen LogP contribution in [0, 0.1) is 5.92 Å². The van der Waals surface area contributed by atoms with Gasteiger partial charge in [0, 0.05) is 17.6 Å². The fourth-order valence-corrected chi connectivity index (χ4v) is 3.86. The van der Waals surface area contributed by atoms with Crippen molar-refractivity contribution in [1.29, 1.82) is 0 Å². The van der Waals surface area contributed by atoms with Gasteiger partial charge < -0.3 is 0 Å². The predicted octanol–water partition coefficient (Wildman–Crippen LogP) is 3.25. The van der Waals surface area contributed by atoms with Gasteiger partial charge in [0.15, 0.2) is 0 Å². The number of nitrogens with zero attached hydrogens (tertiary/aromatic N) is 2. The first-order valence-corrected chi connectivity index (χ1v) is 8.76. The Morgan fingerprint density at radius 3 is 2.62 bits per heavy atom. The van der Waals surface area contributed by atoms with E-state index >= 15 is 0 Å². The Balaban J connectivity index is 1.73. The normalized spacial score (nSPS) is 24.8. The Hall–Kier alpha value is -1.88. The first-order chi connectivity index (χ1) is 11.5. The third-order valence-corrected chi connectivity index (χ3v) is 5.21. The maximum Gasteiger partial charge on any atom is 0.333 e. The number of carbonyl (C=O) groups excluding carboxylic acids is 3. The molecule has 2 fully saturated rings. The van der Waals surface area contributed by atoms with Gasteiger partial charge in [-0.3, -0.25) is 19.4 Å². The molecule has 3 rings (SSSR count). The van der Waals surface area contributed by atoms with E-state index in [2.05, 4.69) is 6.92 Å². The molecule has 1 saturated heterocycles. The van der Waals surface area contributed by atoms with Gasteiger partial charge in [-0.15, -0.1) is 0 Å². The Kier molecular flexibility index (Phi) is 4.90. The second-order valence-corrected chi connectivity index (χ2v) is 7.06. The van der Waals surface area contributed by atoms with Gasteiger partial charge >= 0.3 is 6.03 Å². The number of imide groups is 2. The molecule has 2 atom stereocenters. The van der Waals surface area contributed by atoms with Gasteiger partial charge in [0.25, 0.3) is 0 Å². The van der Waals surface area contributed by atoms with Crippen molar-refractivity contribution in [2.24, 2.45) is 5.92 Å². The van der Waals surface area contributed by atoms with Crippen molar-refractivity contribution in [3.8, 4) is 0 Å². The van der Waals surface area contributed by atoms with Gasteiger partial charge in [-0.1, -0.05) is 37.1 Å². The summed E-state index contributed by atoms with van der Waals surface area (Å²) in [6.07, 6.45) is 3.16. The van der Waals surface area contributed by atoms with Gasteiger partial charge in [-0.25, -0.2) is 4.79 Å².